The molecule has 1 atom stereocenters. The van der Waals surface area contributed by atoms with Crippen LogP contribution in [0.2, 0.25) is 0 Å². The molecule has 0 aromatic heterocycles. The molecule has 14 heavy (non-hydrogen) atoms. The summed E-state index contributed by atoms with van der Waals surface area (Å²) in [6.45, 7) is 2.85. The number of nitrogens with one attached hydrogen (secondary N) is 1. The number of aryl methyl sites for hydroxylation is 1. The Bertz CT molecular complexity index is 370. The van der Waals surface area contributed by atoms with Gasteiger partial charge in [0, 0.05) is 6.04 Å². The first-order valence-electron chi connectivity index (χ1n) is 4.75. The maximum Gasteiger partial charge on any atom is 0.335 e. The fourth-order valence-corrected chi connectivity index (χ4v) is 1.66. The van der Waals surface area contributed by atoms with Crippen LogP contribution in [-0.2, 0) is 0 Å². The van der Waals surface area contributed by atoms with Gasteiger partial charge in [-0.2, -0.15) is 0 Å². The Kier molecular flexibility index (Phi) is 2.25. The van der Waals surface area contributed by atoms with Crippen LogP contribution in [0, 0.1) is 6.92 Å². The van der Waals surface area contributed by atoms with Crippen molar-refractivity contribution in [1.29, 1.82) is 0 Å². The summed E-state index contributed by atoms with van der Waals surface area (Å²) in [6, 6.07) is 6.00. The van der Waals surface area contributed by atoms with Crippen molar-refractivity contribution in [3.8, 4) is 0 Å². The summed E-state index contributed by atoms with van der Waals surface area (Å²) >= 11 is 0. The Hall–Kier alpha value is -1.35. The Morgan fingerprint density at radius 2 is 2.29 bits per heavy atom. The molecule has 0 saturated carbocycles. The molecule has 0 unspecified atom stereocenters. The molecule has 74 valence electrons. The first-order valence-corrected chi connectivity index (χ1v) is 4.75. The van der Waals surface area contributed by atoms with Crippen molar-refractivity contribution < 1.29 is 9.90 Å². The van der Waals surface area contributed by atoms with E-state index in [2.05, 4.69) is 5.32 Å². The highest BCUT2D eigenvalue weighted by atomic mass is 16.4. The summed E-state index contributed by atoms with van der Waals surface area (Å²) in [5, 5.41) is 12.2. The van der Waals surface area contributed by atoms with E-state index in [1.54, 1.807) is 6.07 Å². The largest absolute Gasteiger partial charge is 0.478 e. The lowest BCUT2D eigenvalue weighted by molar-refractivity contribution is 0.0696. The molecule has 0 spiro atoms. The molecule has 1 aromatic rings. The van der Waals surface area contributed by atoms with E-state index in [1.165, 1.54) is 0 Å². The molecule has 0 amide bonds. The number of rotatable bonds is 2. The zero-order valence-corrected chi connectivity index (χ0v) is 8.08. The molecule has 3 heteroatoms. The average Bonchev–Trinajstić information content (AvgIpc) is 2.04. The van der Waals surface area contributed by atoms with Gasteiger partial charge in [0.25, 0.3) is 0 Å². The summed E-state index contributed by atoms with van der Waals surface area (Å²) < 4.78 is 0. The van der Waals surface area contributed by atoms with E-state index < -0.39 is 5.97 Å². The van der Waals surface area contributed by atoms with Gasteiger partial charge in [-0.3, -0.25) is 0 Å². The van der Waals surface area contributed by atoms with Gasteiger partial charge in [-0.25, -0.2) is 4.79 Å². The van der Waals surface area contributed by atoms with E-state index in [0.29, 0.717) is 11.6 Å². The summed E-state index contributed by atoms with van der Waals surface area (Å²) in [6.07, 6.45) is 1.10. The third kappa shape index (κ3) is 1.51. The lowest BCUT2D eigenvalue weighted by Crippen LogP contribution is -2.35. The second-order valence-corrected chi connectivity index (χ2v) is 3.67. The fraction of sp³-hybridized carbons (Fsp3) is 0.364. The van der Waals surface area contributed by atoms with E-state index in [-0.39, 0.29) is 0 Å². The first kappa shape index (κ1) is 9.21. The third-order valence-electron chi connectivity index (χ3n) is 2.72. The molecular weight excluding hydrogens is 178 g/mol. The maximum atomic E-state index is 10.9. The van der Waals surface area contributed by atoms with Gasteiger partial charge in [0.15, 0.2) is 0 Å². The molecule has 1 saturated heterocycles. The van der Waals surface area contributed by atoms with E-state index >= 15 is 0 Å². The molecule has 0 bridgehead atoms. The van der Waals surface area contributed by atoms with Crippen molar-refractivity contribution in [3.05, 3.63) is 34.9 Å². The molecule has 1 aliphatic rings. The lowest BCUT2D eigenvalue weighted by Gasteiger charge is -2.28. The summed E-state index contributed by atoms with van der Waals surface area (Å²) in [4.78, 5) is 10.9. The highest BCUT2D eigenvalue weighted by Gasteiger charge is 2.19. The topological polar surface area (TPSA) is 49.3 Å². The zero-order chi connectivity index (χ0) is 10.1. The number of benzene rings is 1. The van der Waals surface area contributed by atoms with Gasteiger partial charge < -0.3 is 10.4 Å². The van der Waals surface area contributed by atoms with Gasteiger partial charge >= 0.3 is 5.97 Å². The second kappa shape index (κ2) is 3.42. The van der Waals surface area contributed by atoms with Crippen LogP contribution in [0.3, 0.4) is 0 Å². The van der Waals surface area contributed by atoms with E-state index in [9.17, 15) is 4.79 Å². The Balaban J connectivity index is 2.34. The summed E-state index contributed by atoms with van der Waals surface area (Å²) in [7, 11) is 0. The van der Waals surface area contributed by atoms with Crippen LogP contribution in [-0.4, -0.2) is 17.6 Å². The van der Waals surface area contributed by atoms with Gasteiger partial charge in [-0.05, 0) is 37.1 Å². The third-order valence-corrected chi connectivity index (χ3v) is 2.72. The summed E-state index contributed by atoms with van der Waals surface area (Å²) in [5.74, 6) is -0.844. The first-order chi connectivity index (χ1) is 6.68. The van der Waals surface area contributed by atoms with Gasteiger partial charge in [0.05, 0.1) is 5.56 Å². The number of carboxylic acid groups (broad SMARTS) is 1. The van der Waals surface area contributed by atoms with Gasteiger partial charge in [0.2, 0.25) is 0 Å². The Morgan fingerprint density at radius 1 is 1.57 bits per heavy atom. The lowest BCUT2D eigenvalue weighted by atomic mass is 9.94. The zero-order valence-electron chi connectivity index (χ0n) is 8.08. The molecule has 3 nitrogen and oxygen atoms in total. The van der Waals surface area contributed by atoms with Gasteiger partial charge in [-0.1, -0.05) is 12.1 Å². The molecule has 0 radical (unpaired) electrons. The van der Waals surface area contributed by atoms with E-state index in [4.69, 9.17) is 5.11 Å². The van der Waals surface area contributed by atoms with Crippen molar-refractivity contribution in [3.63, 3.8) is 0 Å². The van der Waals surface area contributed by atoms with E-state index in [0.717, 1.165) is 24.1 Å². The maximum absolute atomic E-state index is 10.9. The monoisotopic (exact) mass is 191 g/mol. The van der Waals surface area contributed by atoms with Crippen LogP contribution >= 0.6 is 0 Å². The smallest absolute Gasteiger partial charge is 0.335 e. The van der Waals surface area contributed by atoms with Crippen LogP contribution < -0.4 is 5.32 Å². The van der Waals surface area contributed by atoms with Crippen molar-refractivity contribution in [2.75, 3.05) is 6.54 Å². The minimum Gasteiger partial charge on any atom is -0.478 e. The van der Waals surface area contributed by atoms with Crippen molar-refractivity contribution >= 4 is 5.97 Å². The van der Waals surface area contributed by atoms with Crippen LogP contribution in [0.4, 0.5) is 0 Å². The standard InChI is InChI=1S/C11H13NO2/c1-7-2-3-8(10-4-5-12-10)6-9(7)11(13)14/h2-3,6,10,12H,4-5H2,1H3,(H,13,14)/t10-/m1/s1. The van der Waals surface area contributed by atoms with Crippen LogP contribution in [0.15, 0.2) is 18.2 Å². The number of aromatic carboxylic acids is 1. The van der Waals surface area contributed by atoms with Crippen molar-refractivity contribution in [2.24, 2.45) is 0 Å². The molecule has 2 N–H and O–H groups in total. The molecule has 2 rings (SSSR count). The van der Waals surface area contributed by atoms with Crippen molar-refractivity contribution in [1.82, 2.24) is 5.32 Å². The fourth-order valence-electron chi connectivity index (χ4n) is 1.66. The number of carboxylic acids is 1. The Labute approximate surface area is 82.8 Å². The Morgan fingerprint density at radius 3 is 2.79 bits per heavy atom. The molecule has 1 aliphatic heterocycles. The molecule has 1 aromatic carbocycles. The minimum absolute atomic E-state index is 0.355. The molecule has 0 aliphatic carbocycles. The molecule has 1 heterocycles. The normalized spacial score (nSPS) is 20.2. The summed E-state index contributed by atoms with van der Waals surface area (Å²) in [5.41, 5.74) is 2.32. The van der Waals surface area contributed by atoms with Crippen LogP contribution in [0.5, 0.6) is 0 Å². The molecule has 1 fully saturated rings. The highest BCUT2D eigenvalue weighted by Crippen LogP contribution is 2.24. The number of carbonyl (C=O) groups is 1. The average molecular weight is 191 g/mol. The second-order valence-electron chi connectivity index (χ2n) is 3.67. The number of hydrogen-bond acceptors (Lipinski definition) is 2. The van der Waals surface area contributed by atoms with Gasteiger partial charge in [0.1, 0.15) is 0 Å². The van der Waals surface area contributed by atoms with Gasteiger partial charge in [-0.15, -0.1) is 0 Å². The van der Waals surface area contributed by atoms with Crippen LogP contribution in [0.25, 0.3) is 0 Å². The highest BCUT2D eigenvalue weighted by molar-refractivity contribution is 5.89. The molecular formula is C11H13NO2. The SMILES string of the molecule is Cc1ccc([C@H]2CCN2)cc1C(=O)O. The quantitative estimate of drug-likeness (QED) is 0.748. The van der Waals surface area contributed by atoms with Crippen molar-refractivity contribution in [2.45, 2.75) is 19.4 Å². The van der Waals surface area contributed by atoms with E-state index in [1.807, 2.05) is 19.1 Å². The predicted molar refractivity (Wildman–Crippen MR) is 53.5 cm³/mol. The minimum atomic E-state index is -0.844. The number of hydrogen-bond donors (Lipinski definition) is 2. The van der Waals surface area contributed by atoms with Crippen LogP contribution in [0.1, 0.15) is 33.9 Å². The predicted octanol–water partition coefficient (Wildman–Crippen LogP) is 1.73.